The largest absolute Gasteiger partial charge is 0.311 e. The topological polar surface area (TPSA) is 3.24 Å². The maximum Gasteiger partial charge on any atom is 0.0645 e. The third-order valence-electron chi connectivity index (χ3n) is 9.22. The number of fused-ring (bicyclic) bond motifs is 2. The zero-order valence-corrected chi connectivity index (χ0v) is 27.5. The smallest absolute Gasteiger partial charge is 0.0645 e. The van der Waals surface area contributed by atoms with Gasteiger partial charge in [0, 0.05) is 17.1 Å². The minimum atomic E-state index is -0.393. The van der Waals surface area contributed by atoms with Gasteiger partial charge in [0.1, 0.15) is 0 Å². The van der Waals surface area contributed by atoms with Crippen LogP contribution in [-0.4, -0.2) is 0 Å². The van der Waals surface area contributed by atoms with Crippen molar-refractivity contribution < 1.29 is 11.0 Å². The van der Waals surface area contributed by atoms with Gasteiger partial charge in [0.25, 0.3) is 0 Å². The molecular formula is C50H35N. The third-order valence-corrected chi connectivity index (χ3v) is 9.22. The first-order valence-electron chi connectivity index (χ1n) is 20.9. The minimum absolute atomic E-state index is 0.115. The standard InChI is InChI=1S/C50H35N/c1-3-12-36(13-4-1)37-22-29-43(30-23-37)51(44-31-24-41(25-32-44)47-21-11-18-38-16-7-9-19-46(38)47)45-33-26-42(27-34-45)50-48-20-10-8-17-40(48)28-35-49(50)39-14-5-2-6-15-39/h1-35H/i22D,23D,26D,27D,29D,30D,33D,34D. The summed E-state index contributed by atoms with van der Waals surface area (Å²) in [5.74, 6) is 0. The van der Waals surface area contributed by atoms with Crippen molar-refractivity contribution in [3.8, 4) is 44.5 Å². The van der Waals surface area contributed by atoms with Crippen LogP contribution >= 0.6 is 0 Å². The Kier molecular flexibility index (Phi) is 5.96. The van der Waals surface area contributed by atoms with Gasteiger partial charge in [0.2, 0.25) is 0 Å². The Morgan fingerprint density at radius 1 is 0.294 bits per heavy atom. The van der Waals surface area contributed by atoms with E-state index in [2.05, 4.69) is 6.07 Å². The zero-order valence-electron chi connectivity index (χ0n) is 35.5. The molecule has 0 saturated heterocycles. The Morgan fingerprint density at radius 2 is 0.804 bits per heavy atom. The van der Waals surface area contributed by atoms with E-state index in [-0.39, 0.29) is 58.8 Å². The molecule has 0 atom stereocenters. The van der Waals surface area contributed by atoms with Crippen LogP contribution in [0, 0.1) is 0 Å². The van der Waals surface area contributed by atoms with Gasteiger partial charge in [-0.3, -0.25) is 0 Å². The molecule has 0 unspecified atom stereocenters. The number of anilines is 3. The molecule has 0 aliphatic carbocycles. The van der Waals surface area contributed by atoms with Crippen molar-refractivity contribution in [2.75, 3.05) is 4.90 Å². The molecule has 9 aromatic rings. The fourth-order valence-electron chi connectivity index (χ4n) is 6.75. The summed E-state index contributed by atoms with van der Waals surface area (Å²) in [6, 6.07) is 48.7. The van der Waals surface area contributed by atoms with E-state index in [4.69, 9.17) is 0 Å². The lowest BCUT2D eigenvalue weighted by Crippen LogP contribution is -2.09. The van der Waals surface area contributed by atoms with Crippen LogP contribution in [0.3, 0.4) is 0 Å². The summed E-state index contributed by atoms with van der Waals surface area (Å²) in [4.78, 5) is 1.36. The maximum absolute atomic E-state index is 9.68. The molecule has 0 heterocycles. The van der Waals surface area contributed by atoms with E-state index >= 15 is 0 Å². The van der Waals surface area contributed by atoms with Gasteiger partial charge in [-0.1, -0.05) is 176 Å². The van der Waals surface area contributed by atoms with E-state index in [0.717, 1.165) is 43.8 Å². The van der Waals surface area contributed by atoms with E-state index in [1.54, 1.807) is 36.4 Å². The van der Waals surface area contributed by atoms with Gasteiger partial charge in [0.05, 0.1) is 11.0 Å². The number of rotatable bonds is 7. The molecule has 0 bridgehead atoms. The van der Waals surface area contributed by atoms with Gasteiger partial charge in [-0.2, -0.15) is 0 Å². The lowest BCUT2D eigenvalue weighted by molar-refractivity contribution is 1.28. The van der Waals surface area contributed by atoms with Gasteiger partial charge in [0.15, 0.2) is 0 Å². The quantitative estimate of drug-likeness (QED) is 0.165. The predicted octanol–water partition coefficient (Wildman–Crippen LogP) is 14.1. The second-order valence-corrected chi connectivity index (χ2v) is 12.3. The number of benzene rings is 9. The fourth-order valence-corrected chi connectivity index (χ4v) is 6.75. The van der Waals surface area contributed by atoms with Crippen molar-refractivity contribution in [3.05, 3.63) is 212 Å². The van der Waals surface area contributed by atoms with Gasteiger partial charge >= 0.3 is 0 Å². The summed E-state index contributed by atoms with van der Waals surface area (Å²) in [6.45, 7) is 0. The second-order valence-electron chi connectivity index (χ2n) is 12.3. The first-order valence-corrected chi connectivity index (χ1v) is 16.9. The van der Waals surface area contributed by atoms with Crippen LogP contribution < -0.4 is 4.90 Å². The van der Waals surface area contributed by atoms with Crippen LogP contribution in [0.1, 0.15) is 11.0 Å². The molecule has 51 heavy (non-hydrogen) atoms. The Balaban J connectivity index is 1.31. The molecule has 0 amide bonds. The molecule has 240 valence electrons. The monoisotopic (exact) mass is 657 g/mol. The van der Waals surface area contributed by atoms with E-state index in [1.165, 1.54) is 4.90 Å². The van der Waals surface area contributed by atoms with Crippen LogP contribution in [0.15, 0.2) is 212 Å². The highest BCUT2D eigenvalue weighted by atomic mass is 15.1. The molecule has 1 nitrogen and oxygen atoms in total. The van der Waals surface area contributed by atoms with Crippen LogP contribution in [-0.2, 0) is 0 Å². The van der Waals surface area contributed by atoms with Crippen molar-refractivity contribution in [1.29, 1.82) is 0 Å². The summed E-state index contributed by atoms with van der Waals surface area (Å²) in [5, 5.41) is 3.76. The lowest BCUT2D eigenvalue weighted by atomic mass is 9.89. The first-order chi connectivity index (χ1) is 28.7. The third kappa shape index (κ3) is 5.86. The number of hydrogen-bond acceptors (Lipinski definition) is 1. The molecule has 0 radical (unpaired) electrons. The van der Waals surface area contributed by atoms with E-state index in [1.807, 2.05) is 121 Å². The number of nitrogens with zero attached hydrogens (tertiary/aromatic N) is 1. The van der Waals surface area contributed by atoms with Crippen LogP contribution in [0.2, 0.25) is 0 Å². The average Bonchev–Trinajstić information content (AvgIpc) is 3.28. The van der Waals surface area contributed by atoms with Crippen molar-refractivity contribution in [2.24, 2.45) is 0 Å². The van der Waals surface area contributed by atoms with E-state index in [0.29, 0.717) is 16.8 Å². The zero-order chi connectivity index (χ0) is 40.9. The van der Waals surface area contributed by atoms with Crippen LogP contribution in [0.25, 0.3) is 66.1 Å². The molecule has 0 aromatic heterocycles. The van der Waals surface area contributed by atoms with Crippen molar-refractivity contribution in [2.45, 2.75) is 0 Å². The average molecular weight is 658 g/mol. The van der Waals surface area contributed by atoms with Crippen LogP contribution in [0.4, 0.5) is 17.1 Å². The number of hydrogen-bond donors (Lipinski definition) is 0. The molecule has 1 heteroatoms. The van der Waals surface area contributed by atoms with Crippen LogP contribution in [0.5, 0.6) is 0 Å². The van der Waals surface area contributed by atoms with E-state index in [9.17, 15) is 11.0 Å². The Hall–Kier alpha value is -6.70. The molecule has 0 spiro atoms. The van der Waals surface area contributed by atoms with Crippen molar-refractivity contribution in [3.63, 3.8) is 0 Å². The summed E-state index contributed by atoms with van der Waals surface area (Å²) in [6.07, 6.45) is 0. The SMILES string of the molecule is [2H]c1c([2H])c(N(c2ccc(-c3cccc4ccccc34)cc2)c2c([2H])c([2H])c(-c3c(-c4ccccc4)ccc4ccccc34)c([2H])c2[2H])c([2H])c([2H])c1-c1ccccc1. The first kappa shape index (κ1) is 22.8. The second kappa shape index (κ2) is 13.3. The molecule has 9 rings (SSSR count). The Labute approximate surface area is 310 Å². The highest BCUT2D eigenvalue weighted by molar-refractivity contribution is 6.04. The molecular weight excluding hydrogens is 615 g/mol. The van der Waals surface area contributed by atoms with Gasteiger partial charge in [-0.05, 0) is 102 Å². The van der Waals surface area contributed by atoms with Crippen molar-refractivity contribution >= 4 is 38.6 Å². The van der Waals surface area contributed by atoms with Gasteiger partial charge < -0.3 is 4.90 Å². The molecule has 0 aliphatic heterocycles. The Morgan fingerprint density at radius 3 is 1.47 bits per heavy atom. The fraction of sp³-hybridized carbons (Fsp3) is 0. The normalized spacial score (nSPS) is 13.3. The van der Waals surface area contributed by atoms with E-state index < -0.39 is 12.1 Å². The molecule has 0 aliphatic rings. The molecule has 0 fully saturated rings. The predicted molar refractivity (Wildman–Crippen MR) is 218 cm³/mol. The molecule has 9 aromatic carbocycles. The van der Waals surface area contributed by atoms with Crippen molar-refractivity contribution in [1.82, 2.24) is 0 Å². The summed E-state index contributed by atoms with van der Waals surface area (Å²) < 4.78 is 75.8. The minimum Gasteiger partial charge on any atom is -0.311 e. The summed E-state index contributed by atoms with van der Waals surface area (Å²) in [7, 11) is 0. The maximum atomic E-state index is 9.68. The summed E-state index contributed by atoms with van der Waals surface area (Å²) in [5.41, 5.74) is 4.71. The lowest BCUT2D eigenvalue weighted by Gasteiger charge is -2.26. The van der Waals surface area contributed by atoms with Gasteiger partial charge in [-0.25, -0.2) is 0 Å². The highest BCUT2D eigenvalue weighted by Crippen LogP contribution is 2.41. The summed E-state index contributed by atoms with van der Waals surface area (Å²) >= 11 is 0. The molecule has 0 saturated carbocycles. The Bertz CT molecular complexity index is 3010. The highest BCUT2D eigenvalue weighted by Gasteiger charge is 2.16. The van der Waals surface area contributed by atoms with Gasteiger partial charge in [-0.15, -0.1) is 0 Å². The molecule has 0 N–H and O–H groups in total.